The van der Waals surface area contributed by atoms with Gasteiger partial charge in [-0.25, -0.2) is 4.79 Å². The Hall–Kier alpha value is -3.82. The molecule has 0 fully saturated rings. The molecule has 2 amide bonds. The third-order valence-electron chi connectivity index (χ3n) is 6.23. The van der Waals surface area contributed by atoms with Gasteiger partial charge in [-0.1, -0.05) is 57.9 Å². The summed E-state index contributed by atoms with van der Waals surface area (Å²) in [6, 6.07) is 19.2. The topological polar surface area (TPSA) is 115 Å². The van der Waals surface area contributed by atoms with E-state index in [0.717, 1.165) is 21.3 Å². The van der Waals surface area contributed by atoms with Crippen LogP contribution < -0.4 is 10.6 Å². The molecule has 1 heterocycles. The molecule has 4 rings (SSSR count). The molecule has 1 aromatic heterocycles. The highest BCUT2D eigenvalue weighted by Gasteiger charge is 2.35. The number of hydrogen-bond donors (Lipinski definition) is 4. The van der Waals surface area contributed by atoms with Gasteiger partial charge >= 0.3 is 5.97 Å². The first-order valence-electron chi connectivity index (χ1n) is 12.6. The molecule has 4 aromatic rings. The van der Waals surface area contributed by atoms with Gasteiger partial charge in [-0.2, -0.15) is 0 Å². The number of amides is 2. The normalized spacial score (nSPS) is 12.1. The maximum absolute atomic E-state index is 13.7. The smallest absolute Gasteiger partial charge is 0.352 e. The summed E-state index contributed by atoms with van der Waals surface area (Å²) < 4.78 is 1.02. The van der Waals surface area contributed by atoms with E-state index in [1.807, 2.05) is 69.3 Å². The van der Waals surface area contributed by atoms with Crippen molar-refractivity contribution in [2.75, 3.05) is 5.32 Å². The van der Waals surface area contributed by atoms with E-state index in [1.54, 1.807) is 18.2 Å². The van der Waals surface area contributed by atoms with Gasteiger partial charge in [0.15, 0.2) is 0 Å². The quantitative estimate of drug-likeness (QED) is 0.150. The fourth-order valence-electron chi connectivity index (χ4n) is 4.46. The number of H-pyrrole nitrogens is 1. The summed E-state index contributed by atoms with van der Waals surface area (Å²) in [6.07, 6.45) is 0.576. The minimum atomic E-state index is -1.25. The first kappa shape index (κ1) is 29.2. The lowest BCUT2D eigenvalue weighted by Gasteiger charge is -2.31. The number of aromatic amines is 1. The van der Waals surface area contributed by atoms with E-state index in [0.29, 0.717) is 28.9 Å². The van der Waals surface area contributed by atoms with Crippen LogP contribution in [0.2, 0.25) is 5.02 Å². The number of carboxylic acid groups (broad SMARTS) is 1. The molecule has 0 aliphatic carbocycles. The summed E-state index contributed by atoms with van der Waals surface area (Å²) in [5, 5.41) is 17.2. The standard InChI is InChI=1S/C30H30BrClN4O4/c1-30(2,3)35-28(38)27(25-23-13-10-21(32)14-24(23)34-26(25)29(39)40)36(17-37)16-19-6-11-22(12-7-19)33-15-18-4-8-20(31)9-5-18/h4-14,17,27,33-34H,15-16H2,1-3H3,(H,35,38)(H,39,40). The fraction of sp³-hybridized carbons (Fsp3) is 0.233. The van der Waals surface area contributed by atoms with Gasteiger partial charge in [-0.05, 0) is 68.3 Å². The third kappa shape index (κ3) is 7.03. The number of anilines is 1. The SMILES string of the molecule is CC(C)(C)NC(=O)C(c1c(C(=O)O)[nH]c2cc(Cl)ccc12)N(C=O)Cc1ccc(NCc2ccc(Br)cc2)cc1. The van der Waals surface area contributed by atoms with Gasteiger partial charge in [-0.3, -0.25) is 9.59 Å². The summed E-state index contributed by atoms with van der Waals surface area (Å²) in [7, 11) is 0. The predicted octanol–water partition coefficient (Wildman–Crippen LogP) is 6.51. The average Bonchev–Trinajstić information content (AvgIpc) is 3.26. The van der Waals surface area contributed by atoms with Crippen LogP contribution in [0.15, 0.2) is 71.2 Å². The number of fused-ring (bicyclic) bond motifs is 1. The number of carbonyl (C=O) groups excluding carboxylic acids is 2. The summed E-state index contributed by atoms with van der Waals surface area (Å²) in [6.45, 7) is 6.18. The van der Waals surface area contributed by atoms with Gasteiger partial charge < -0.3 is 25.6 Å². The van der Waals surface area contributed by atoms with E-state index in [4.69, 9.17) is 11.6 Å². The molecular weight excluding hydrogens is 596 g/mol. The van der Waals surface area contributed by atoms with Crippen LogP contribution in [0.1, 0.15) is 54.0 Å². The molecule has 8 nitrogen and oxygen atoms in total. The Morgan fingerprint density at radius 2 is 1.70 bits per heavy atom. The highest BCUT2D eigenvalue weighted by Crippen LogP contribution is 2.34. The van der Waals surface area contributed by atoms with Crippen LogP contribution in [0, 0.1) is 0 Å². The van der Waals surface area contributed by atoms with Crippen molar-refractivity contribution in [1.82, 2.24) is 15.2 Å². The highest BCUT2D eigenvalue weighted by atomic mass is 79.9. The summed E-state index contributed by atoms with van der Waals surface area (Å²) >= 11 is 9.58. The molecule has 0 saturated carbocycles. The molecule has 0 bridgehead atoms. The number of rotatable bonds is 10. The van der Waals surface area contributed by atoms with Crippen molar-refractivity contribution in [2.45, 2.75) is 45.4 Å². The van der Waals surface area contributed by atoms with Crippen LogP contribution in [-0.2, 0) is 22.7 Å². The Balaban J connectivity index is 1.65. The Bertz CT molecular complexity index is 1530. The van der Waals surface area contributed by atoms with Crippen LogP contribution >= 0.6 is 27.5 Å². The maximum Gasteiger partial charge on any atom is 0.352 e. The zero-order chi connectivity index (χ0) is 29.0. The molecule has 3 aromatic carbocycles. The predicted molar refractivity (Wildman–Crippen MR) is 160 cm³/mol. The second-order valence-corrected chi connectivity index (χ2v) is 11.9. The molecule has 4 N–H and O–H groups in total. The van der Waals surface area contributed by atoms with Crippen molar-refractivity contribution in [3.8, 4) is 0 Å². The molecule has 0 aliphatic heterocycles. The van der Waals surface area contributed by atoms with Crippen LogP contribution in [-0.4, -0.2) is 38.8 Å². The van der Waals surface area contributed by atoms with E-state index >= 15 is 0 Å². The van der Waals surface area contributed by atoms with E-state index in [1.165, 1.54) is 4.90 Å². The van der Waals surface area contributed by atoms with Gasteiger partial charge in [0, 0.05) is 50.3 Å². The van der Waals surface area contributed by atoms with Crippen molar-refractivity contribution in [1.29, 1.82) is 0 Å². The summed E-state index contributed by atoms with van der Waals surface area (Å²) in [4.78, 5) is 42.6. The molecule has 40 heavy (non-hydrogen) atoms. The number of halogens is 2. The van der Waals surface area contributed by atoms with Gasteiger partial charge in [-0.15, -0.1) is 0 Å². The van der Waals surface area contributed by atoms with Crippen LogP contribution in [0.25, 0.3) is 10.9 Å². The molecule has 0 spiro atoms. The number of nitrogens with zero attached hydrogens (tertiary/aromatic N) is 1. The van der Waals surface area contributed by atoms with E-state index in [-0.39, 0.29) is 17.8 Å². The van der Waals surface area contributed by atoms with Crippen LogP contribution in [0.3, 0.4) is 0 Å². The van der Waals surface area contributed by atoms with E-state index in [9.17, 15) is 19.5 Å². The van der Waals surface area contributed by atoms with Crippen molar-refractivity contribution in [2.24, 2.45) is 0 Å². The number of carbonyl (C=O) groups is 3. The average molecular weight is 626 g/mol. The second-order valence-electron chi connectivity index (χ2n) is 10.5. The summed E-state index contributed by atoms with van der Waals surface area (Å²) in [5.74, 6) is -1.74. The maximum atomic E-state index is 13.7. The van der Waals surface area contributed by atoms with Gasteiger partial charge in [0.1, 0.15) is 11.7 Å². The third-order valence-corrected chi connectivity index (χ3v) is 6.99. The second kappa shape index (κ2) is 12.1. The number of carboxylic acids is 1. The Labute approximate surface area is 245 Å². The number of aromatic carboxylic acids is 1. The van der Waals surface area contributed by atoms with Gasteiger partial charge in [0.2, 0.25) is 12.3 Å². The number of benzene rings is 3. The zero-order valence-corrected chi connectivity index (χ0v) is 24.6. The van der Waals surface area contributed by atoms with Crippen LogP contribution in [0.5, 0.6) is 0 Å². The monoisotopic (exact) mass is 624 g/mol. The minimum absolute atomic E-state index is 0.0814. The summed E-state index contributed by atoms with van der Waals surface area (Å²) in [5.41, 5.74) is 2.65. The minimum Gasteiger partial charge on any atom is -0.477 e. The first-order chi connectivity index (χ1) is 18.9. The number of nitrogens with one attached hydrogen (secondary N) is 3. The molecule has 0 aliphatic rings. The fourth-order valence-corrected chi connectivity index (χ4v) is 4.90. The molecule has 1 atom stereocenters. The van der Waals surface area contributed by atoms with Crippen molar-refractivity contribution >= 4 is 62.4 Å². The molecule has 10 heteroatoms. The molecule has 0 saturated heterocycles. The van der Waals surface area contributed by atoms with Gasteiger partial charge in [0.05, 0.1) is 0 Å². The number of aromatic nitrogens is 1. The molecule has 1 unspecified atom stereocenters. The van der Waals surface area contributed by atoms with E-state index < -0.39 is 23.5 Å². The molecular formula is C30H30BrClN4O4. The van der Waals surface area contributed by atoms with Crippen molar-refractivity contribution in [3.63, 3.8) is 0 Å². The lowest BCUT2D eigenvalue weighted by Crippen LogP contribution is -2.47. The van der Waals surface area contributed by atoms with Crippen LogP contribution in [0.4, 0.5) is 5.69 Å². The lowest BCUT2D eigenvalue weighted by atomic mass is 9.98. The Kier molecular flexibility index (Phi) is 8.85. The van der Waals surface area contributed by atoms with Gasteiger partial charge in [0.25, 0.3) is 0 Å². The van der Waals surface area contributed by atoms with Crippen molar-refractivity contribution < 1.29 is 19.5 Å². The van der Waals surface area contributed by atoms with Crippen molar-refractivity contribution in [3.05, 3.63) is 98.6 Å². The van der Waals surface area contributed by atoms with E-state index in [2.05, 4.69) is 31.5 Å². The molecule has 0 radical (unpaired) electrons. The zero-order valence-electron chi connectivity index (χ0n) is 22.3. The Morgan fingerprint density at radius 1 is 1.05 bits per heavy atom. The highest BCUT2D eigenvalue weighted by molar-refractivity contribution is 9.10. The number of hydrogen-bond acceptors (Lipinski definition) is 4. The molecule has 208 valence electrons. The first-order valence-corrected chi connectivity index (χ1v) is 13.8. The Morgan fingerprint density at radius 3 is 2.30 bits per heavy atom. The largest absolute Gasteiger partial charge is 0.477 e. The lowest BCUT2D eigenvalue weighted by molar-refractivity contribution is -0.134.